The number of carbonyl (C=O) groups excluding carboxylic acids is 2. The Morgan fingerprint density at radius 1 is 1.32 bits per heavy atom. The van der Waals surface area contributed by atoms with Crippen LogP contribution < -0.4 is 10.6 Å². The van der Waals surface area contributed by atoms with E-state index in [1.807, 2.05) is 0 Å². The molecule has 1 saturated carbocycles. The van der Waals surface area contributed by atoms with Gasteiger partial charge in [0.15, 0.2) is 0 Å². The fourth-order valence-corrected chi connectivity index (χ4v) is 2.69. The molecule has 1 aliphatic heterocycles. The van der Waals surface area contributed by atoms with E-state index in [0.29, 0.717) is 0 Å². The molecule has 19 heavy (non-hydrogen) atoms. The van der Waals surface area contributed by atoms with Crippen LogP contribution in [0, 0.1) is 0 Å². The molecule has 3 N–H and O–H groups in total. The minimum Gasteiger partial charge on any atom is -0.480 e. The third-order valence-corrected chi connectivity index (χ3v) is 3.66. The van der Waals surface area contributed by atoms with Crippen LogP contribution in [0.3, 0.4) is 0 Å². The molecule has 1 atom stereocenters. The smallest absolute Gasteiger partial charge is 0.323 e. The molecule has 2 amide bonds. The highest BCUT2D eigenvalue weighted by Crippen LogP contribution is 2.24. The van der Waals surface area contributed by atoms with E-state index in [2.05, 4.69) is 10.6 Å². The Morgan fingerprint density at radius 2 is 2.00 bits per heavy atom. The van der Waals surface area contributed by atoms with E-state index in [0.717, 1.165) is 25.7 Å². The lowest BCUT2D eigenvalue weighted by atomic mass is 10.1. The Hall–Kier alpha value is -1.63. The molecule has 7 nitrogen and oxygen atoms in total. The fraction of sp³-hybridized carbons (Fsp3) is 0.750. The molecule has 1 saturated heterocycles. The Kier molecular flexibility index (Phi) is 4.36. The summed E-state index contributed by atoms with van der Waals surface area (Å²) in [4.78, 5) is 35.8. The predicted molar refractivity (Wildman–Crippen MR) is 66.4 cm³/mol. The zero-order valence-electron chi connectivity index (χ0n) is 10.7. The summed E-state index contributed by atoms with van der Waals surface area (Å²) >= 11 is 0. The van der Waals surface area contributed by atoms with Crippen LogP contribution in [0.1, 0.15) is 25.7 Å². The van der Waals surface area contributed by atoms with Crippen LogP contribution in [0.25, 0.3) is 0 Å². The summed E-state index contributed by atoms with van der Waals surface area (Å²) in [5, 5.41) is 14.4. The van der Waals surface area contributed by atoms with Crippen molar-refractivity contribution in [3.05, 3.63) is 0 Å². The van der Waals surface area contributed by atoms with E-state index in [1.54, 1.807) is 0 Å². The second-order valence-electron chi connectivity index (χ2n) is 5.04. The average Bonchev–Trinajstić information content (AvgIpc) is 2.89. The van der Waals surface area contributed by atoms with E-state index in [-0.39, 0.29) is 37.5 Å². The van der Waals surface area contributed by atoms with Gasteiger partial charge in [-0.1, -0.05) is 12.8 Å². The van der Waals surface area contributed by atoms with Crippen molar-refractivity contribution in [1.29, 1.82) is 0 Å². The van der Waals surface area contributed by atoms with Crippen molar-refractivity contribution in [2.75, 3.05) is 19.6 Å². The number of piperazine rings is 1. The number of amides is 2. The third-order valence-electron chi connectivity index (χ3n) is 3.66. The van der Waals surface area contributed by atoms with Crippen molar-refractivity contribution in [2.45, 2.75) is 37.8 Å². The van der Waals surface area contributed by atoms with Gasteiger partial charge in [-0.3, -0.25) is 19.7 Å². The standard InChI is InChI=1S/C12H19N3O4/c16-10-6-13-9(5-14-10)12(19)15(7-11(17)18)8-3-1-2-4-8/h8-9,13H,1-7H2,(H,14,16)(H,17,18). The molecule has 1 aliphatic carbocycles. The summed E-state index contributed by atoms with van der Waals surface area (Å²) in [7, 11) is 0. The van der Waals surface area contributed by atoms with Gasteiger partial charge in [0.25, 0.3) is 0 Å². The van der Waals surface area contributed by atoms with E-state index in [9.17, 15) is 14.4 Å². The van der Waals surface area contributed by atoms with Crippen LogP contribution in [-0.4, -0.2) is 59.5 Å². The largest absolute Gasteiger partial charge is 0.480 e. The van der Waals surface area contributed by atoms with Crippen molar-refractivity contribution < 1.29 is 19.5 Å². The predicted octanol–water partition coefficient (Wildman–Crippen LogP) is -1.07. The average molecular weight is 269 g/mol. The maximum absolute atomic E-state index is 12.4. The number of aliphatic carboxylic acids is 1. The van der Waals surface area contributed by atoms with E-state index < -0.39 is 12.0 Å². The molecule has 2 fully saturated rings. The minimum atomic E-state index is -1.000. The van der Waals surface area contributed by atoms with Crippen LogP contribution in [0.4, 0.5) is 0 Å². The van der Waals surface area contributed by atoms with Gasteiger partial charge in [-0.2, -0.15) is 0 Å². The van der Waals surface area contributed by atoms with Crippen LogP contribution >= 0.6 is 0 Å². The first-order valence-electron chi connectivity index (χ1n) is 6.60. The molecule has 1 unspecified atom stereocenters. The first-order valence-corrected chi connectivity index (χ1v) is 6.60. The van der Waals surface area contributed by atoms with Crippen molar-refractivity contribution in [2.24, 2.45) is 0 Å². The van der Waals surface area contributed by atoms with Crippen LogP contribution in [0.2, 0.25) is 0 Å². The van der Waals surface area contributed by atoms with Gasteiger partial charge in [-0.15, -0.1) is 0 Å². The Balaban J connectivity index is 2.01. The summed E-state index contributed by atoms with van der Waals surface area (Å²) in [6.07, 6.45) is 3.78. The summed E-state index contributed by atoms with van der Waals surface area (Å²) in [5.74, 6) is -1.37. The van der Waals surface area contributed by atoms with Crippen molar-refractivity contribution in [3.8, 4) is 0 Å². The monoisotopic (exact) mass is 269 g/mol. The van der Waals surface area contributed by atoms with Gasteiger partial charge < -0.3 is 15.3 Å². The molecule has 2 aliphatic rings. The number of carboxylic acid groups (broad SMARTS) is 1. The molecular formula is C12H19N3O4. The molecule has 1 heterocycles. The minimum absolute atomic E-state index is 0.0167. The number of carbonyl (C=O) groups is 3. The number of nitrogens with one attached hydrogen (secondary N) is 2. The van der Waals surface area contributed by atoms with Crippen molar-refractivity contribution in [3.63, 3.8) is 0 Å². The fourth-order valence-electron chi connectivity index (χ4n) is 2.69. The number of nitrogens with zero attached hydrogens (tertiary/aromatic N) is 1. The number of hydrogen-bond donors (Lipinski definition) is 3. The quantitative estimate of drug-likeness (QED) is 0.603. The third kappa shape index (κ3) is 3.44. The second kappa shape index (κ2) is 6.01. The summed E-state index contributed by atoms with van der Waals surface area (Å²) in [5.41, 5.74) is 0. The van der Waals surface area contributed by atoms with Crippen molar-refractivity contribution >= 4 is 17.8 Å². The maximum Gasteiger partial charge on any atom is 0.323 e. The summed E-state index contributed by atoms with van der Waals surface area (Å²) < 4.78 is 0. The number of hydrogen-bond acceptors (Lipinski definition) is 4. The van der Waals surface area contributed by atoms with Gasteiger partial charge in [0.05, 0.1) is 6.54 Å². The second-order valence-corrected chi connectivity index (χ2v) is 5.04. The van der Waals surface area contributed by atoms with Gasteiger partial charge in [-0.25, -0.2) is 0 Å². The zero-order valence-corrected chi connectivity index (χ0v) is 10.7. The molecule has 0 spiro atoms. The zero-order chi connectivity index (χ0) is 13.8. The van der Waals surface area contributed by atoms with E-state index >= 15 is 0 Å². The van der Waals surface area contributed by atoms with Gasteiger partial charge in [0.1, 0.15) is 12.6 Å². The molecule has 0 aromatic heterocycles. The lowest BCUT2D eigenvalue weighted by Crippen LogP contribution is -2.60. The maximum atomic E-state index is 12.4. The molecule has 7 heteroatoms. The van der Waals surface area contributed by atoms with Crippen LogP contribution in [-0.2, 0) is 14.4 Å². The molecule has 2 rings (SSSR count). The normalized spacial score (nSPS) is 24.0. The van der Waals surface area contributed by atoms with Crippen LogP contribution in [0.15, 0.2) is 0 Å². The Morgan fingerprint density at radius 3 is 2.53 bits per heavy atom. The van der Waals surface area contributed by atoms with E-state index in [1.165, 1.54) is 4.90 Å². The summed E-state index contributed by atoms with van der Waals surface area (Å²) in [6, 6.07) is -0.499. The Bertz CT molecular complexity index is 369. The molecule has 0 bridgehead atoms. The van der Waals surface area contributed by atoms with Gasteiger partial charge in [0.2, 0.25) is 11.8 Å². The van der Waals surface area contributed by atoms with Crippen molar-refractivity contribution in [1.82, 2.24) is 15.5 Å². The van der Waals surface area contributed by atoms with E-state index in [4.69, 9.17) is 5.11 Å². The molecule has 0 aromatic carbocycles. The topological polar surface area (TPSA) is 98.7 Å². The number of rotatable bonds is 4. The molecule has 0 radical (unpaired) electrons. The summed E-state index contributed by atoms with van der Waals surface area (Å²) in [6.45, 7) is 0.0537. The SMILES string of the molecule is O=C(O)CN(C(=O)C1CNC(=O)CN1)C1CCCC1. The Labute approximate surface area is 111 Å². The lowest BCUT2D eigenvalue weighted by Gasteiger charge is -2.33. The number of carboxylic acids is 1. The lowest BCUT2D eigenvalue weighted by molar-refractivity contribution is -0.147. The molecule has 106 valence electrons. The van der Waals surface area contributed by atoms with Gasteiger partial charge in [-0.05, 0) is 12.8 Å². The first-order chi connectivity index (χ1) is 9.08. The highest BCUT2D eigenvalue weighted by molar-refractivity contribution is 5.88. The molecular weight excluding hydrogens is 250 g/mol. The molecule has 0 aromatic rings. The first kappa shape index (κ1) is 13.8. The van der Waals surface area contributed by atoms with Gasteiger partial charge in [0, 0.05) is 12.6 Å². The van der Waals surface area contributed by atoms with Gasteiger partial charge >= 0.3 is 5.97 Å². The van der Waals surface area contributed by atoms with Crippen LogP contribution in [0.5, 0.6) is 0 Å². The highest BCUT2D eigenvalue weighted by Gasteiger charge is 2.34. The highest BCUT2D eigenvalue weighted by atomic mass is 16.4.